The predicted molar refractivity (Wildman–Crippen MR) is 81.1 cm³/mol. The molecule has 1 saturated heterocycles. The van der Waals surface area contributed by atoms with Crippen molar-refractivity contribution in [2.75, 3.05) is 18.1 Å². The van der Waals surface area contributed by atoms with Gasteiger partial charge in [-0.15, -0.1) is 0 Å². The van der Waals surface area contributed by atoms with Crippen LogP contribution in [0.25, 0.3) is 0 Å². The van der Waals surface area contributed by atoms with Gasteiger partial charge in [-0.05, 0) is 31.9 Å². The number of fused-ring (bicyclic) bond motifs is 1. The fourth-order valence-corrected chi connectivity index (χ4v) is 3.61. The quantitative estimate of drug-likeness (QED) is 0.908. The zero-order valence-corrected chi connectivity index (χ0v) is 12.5. The smallest absolute Gasteiger partial charge is 0.0992 e. The van der Waals surface area contributed by atoms with Crippen molar-refractivity contribution >= 4 is 5.69 Å². The Balaban J connectivity index is 1.99. The van der Waals surface area contributed by atoms with Gasteiger partial charge >= 0.3 is 0 Å². The standard InChI is InChI=1S/C17H22N2O2/c1-12(20)14-7-6-13(11-18)10-16(14)19-8-9-21-17-5-3-2-4-15(17)19/h6-7,10,12,15,17,20H,2-5,8-9H2,1H3/t12-,15?,17?/m1/s1. The van der Waals surface area contributed by atoms with Gasteiger partial charge in [-0.3, -0.25) is 0 Å². The minimum atomic E-state index is -0.530. The maximum absolute atomic E-state index is 10.1. The maximum Gasteiger partial charge on any atom is 0.0992 e. The van der Waals surface area contributed by atoms with Crippen molar-refractivity contribution < 1.29 is 9.84 Å². The lowest BCUT2D eigenvalue weighted by atomic mass is 9.89. The number of hydrogen-bond donors (Lipinski definition) is 1. The lowest BCUT2D eigenvalue weighted by Crippen LogP contribution is -2.53. The molecule has 0 bridgehead atoms. The van der Waals surface area contributed by atoms with Gasteiger partial charge in [0, 0.05) is 17.8 Å². The van der Waals surface area contributed by atoms with E-state index in [4.69, 9.17) is 10.00 Å². The van der Waals surface area contributed by atoms with Gasteiger partial charge in [0.25, 0.3) is 0 Å². The molecule has 1 aliphatic heterocycles. The van der Waals surface area contributed by atoms with Gasteiger partial charge in [0.1, 0.15) is 0 Å². The number of anilines is 1. The molecule has 1 saturated carbocycles. The van der Waals surface area contributed by atoms with Crippen molar-refractivity contribution in [3.63, 3.8) is 0 Å². The second-order valence-corrected chi connectivity index (χ2v) is 6.02. The molecular weight excluding hydrogens is 264 g/mol. The number of rotatable bonds is 2. The first-order valence-corrected chi connectivity index (χ1v) is 7.81. The van der Waals surface area contributed by atoms with Crippen molar-refractivity contribution in [2.24, 2.45) is 0 Å². The summed E-state index contributed by atoms with van der Waals surface area (Å²) in [5, 5.41) is 19.2. The Bertz CT molecular complexity index is 548. The average Bonchev–Trinajstić information content (AvgIpc) is 2.53. The van der Waals surface area contributed by atoms with Gasteiger partial charge < -0.3 is 14.7 Å². The fraction of sp³-hybridized carbons (Fsp3) is 0.588. The molecule has 2 aliphatic rings. The Morgan fingerprint density at radius 3 is 2.95 bits per heavy atom. The van der Waals surface area contributed by atoms with E-state index in [0.29, 0.717) is 17.7 Å². The Kier molecular flexibility index (Phi) is 4.14. The summed E-state index contributed by atoms with van der Waals surface area (Å²) in [5.41, 5.74) is 2.55. The molecule has 1 aliphatic carbocycles. The highest BCUT2D eigenvalue weighted by atomic mass is 16.5. The maximum atomic E-state index is 10.1. The molecule has 0 aromatic heterocycles. The van der Waals surface area contributed by atoms with Gasteiger partial charge in [0.2, 0.25) is 0 Å². The monoisotopic (exact) mass is 286 g/mol. The molecule has 2 unspecified atom stereocenters. The van der Waals surface area contributed by atoms with Gasteiger partial charge in [-0.1, -0.05) is 18.9 Å². The van der Waals surface area contributed by atoms with E-state index < -0.39 is 6.10 Å². The van der Waals surface area contributed by atoms with Crippen LogP contribution in [0.15, 0.2) is 18.2 Å². The largest absolute Gasteiger partial charge is 0.389 e. The number of benzene rings is 1. The lowest BCUT2D eigenvalue weighted by molar-refractivity contribution is -0.00888. The first kappa shape index (κ1) is 14.4. The molecule has 4 heteroatoms. The number of nitriles is 1. The van der Waals surface area contributed by atoms with Crippen molar-refractivity contribution in [2.45, 2.75) is 50.9 Å². The summed E-state index contributed by atoms with van der Waals surface area (Å²) < 4.78 is 5.92. The van der Waals surface area contributed by atoms with Gasteiger partial charge in [-0.2, -0.15) is 5.26 Å². The normalized spacial score (nSPS) is 26.8. The van der Waals surface area contributed by atoms with E-state index in [1.165, 1.54) is 12.8 Å². The van der Waals surface area contributed by atoms with Gasteiger partial charge in [0.05, 0.1) is 36.5 Å². The summed E-state index contributed by atoms with van der Waals surface area (Å²) in [5.74, 6) is 0. The fourth-order valence-electron chi connectivity index (χ4n) is 3.61. The topological polar surface area (TPSA) is 56.5 Å². The molecule has 1 aromatic carbocycles. The number of hydrogen-bond acceptors (Lipinski definition) is 4. The van der Waals surface area contributed by atoms with Crippen LogP contribution in [-0.4, -0.2) is 30.4 Å². The molecular formula is C17H22N2O2. The predicted octanol–water partition coefficient (Wildman–Crippen LogP) is 2.76. The minimum absolute atomic E-state index is 0.292. The zero-order valence-electron chi connectivity index (χ0n) is 12.5. The van der Waals surface area contributed by atoms with E-state index in [9.17, 15) is 5.11 Å². The van der Waals surface area contributed by atoms with Crippen molar-refractivity contribution in [1.29, 1.82) is 5.26 Å². The third-order valence-electron chi connectivity index (χ3n) is 4.65. The highest BCUT2D eigenvalue weighted by molar-refractivity contribution is 5.59. The van der Waals surface area contributed by atoms with Gasteiger partial charge in [-0.25, -0.2) is 0 Å². The first-order chi connectivity index (χ1) is 10.2. The molecule has 2 fully saturated rings. The molecule has 3 rings (SSSR count). The van der Waals surface area contributed by atoms with Crippen LogP contribution in [0.2, 0.25) is 0 Å². The second kappa shape index (κ2) is 6.05. The average molecular weight is 286 g/mol. The van der Waals surface area contributed by atoms with Crippen LogP contribution in [0, 0.1) is 11.3 Å². The summed E-state index contributed by atoms with van der Waals surface area (Å²) in [6.07, 6.45) is 4.46. The highest BCUT2D eigenvalue weighted by Crippen LogP contribution is 2.36. The molecule has 1 heterocycles. The Morgan fingerprint density at radius 1 is 1.38 bits per heavy atom. The van der Waals surface area contributed by atoms with E-state index in [1.54, 1.807) is 13.0 Å². The number of aliphatic hydroxyl groups is 1. The second-order valence-electron chi connectivity index (χ2n) is 6.02. The SMILES string of the molecule is C[C@@H](O)c1ccc(C#N)cc1N1CCOC2CCCCC21. The molecule has 4 nitrogen and oxygen atoms in total. The van der Waals surface area contributed by atoms with E-state index in [-0.39, 0.29) is 0 Å². The van der Waals surface area contributed by atoms with Crippen LogP contribution in [0.3, 0.4) is 0 Å². The Morgan fingerprint density at radius 2 is 2.19 bits per heavy atom. The summed E-state index contributed by atoms with van der Waals surface area (Å²) in [6, 6.07) is 8.16. The number of ether oxygens (including phenoxy) is 1. The third kappa shape index (κ3) is 2.76. The number of nitrogens with zero attached hydrogens (tertiary/aromatic N) is 2. The Hall–Kier alpha value is -1.57. The van der Waals surface area contributed by atoms with Crippen LogP contribution in [0.5, 0.6) is 0 Å². The number of morpholine rings is 1. The number of aliphatic hydroxyl groups excluding tert-OH is 1. The molecule has 1 N–H and O–H groups in total. The molecule has 21 heavy (non-hydrogen) atoms. The Labute approximate surface area is 125 Å². The molecule has 0 amide bonds. The van der Waals surface area contributed by atoms with Crippen LogP contribution in [0.4, 0.5) is 5.69 Å². The molecule has 0 spiro atoms. The summed E-state index contributed by atoms with van der Waals surface area (Å²) in [6.45, 7) is 3.33. The van der Waals surface area contributed by atoms with Crippen LogP contribution in [-0.2, 0) is 4.74 Å². The summed E-state index contributed by atoms with van der Waals surface area (Å²) in [4.78, 5) is 2.36. The third-order valence-corrected chi connectivity index (χ3v) is 4.65. The zero-order chi connectivity index (χ0) is 14.8. The van der Waals surface area contributed by atoms with E-state index in [0.717, 1.165) is 37.2 Å². The summed E-state index contributed by atoms with van der Waals surface area (Å²) in [7, 11) is 0. The first-order valence-electron chi connectivity index (χ1n) is 7.81. The lowest BCUT2D eigenvalue weighted by Gasteiger charge is -2.46. The highest BCUT2D eigenvalue weighted by Gasteiger charge is 2.35. The molecule has 0 radical (unpaired) electrons. The van der Waals surface area contributed by atoms with Crippen molar-refractivity contribution in [3.05, 3.63) is 29.3 Å². The molecule has 112 valence electrons. The molecule has 1 aromatic rings. The van der Waals surface area contributed by atoms with E-state index in [1.807, 2.05) is 12.1 Å². The van der Waals surface area contributed by atoms with E-state index >= 15 is 0 Å². The molecule has 3 atom stereocenters. The van der Waals surface area contributed by atoms with Crippen LogP contribution in [0.1, 0.15) is 49.8 Å². The summed E-state index contributed by atoms with van der Waals surface area (Å²) >= 11 is 0. The van der Waals surface area contributed by atoms with Crippen LogP contribution < -0.4 is 4.90 Å². The van der Waals surface area contributed by atoms with Crippen molar-refractivity contribution in [1.82, 2.24) is 0 Å². The van der Waals surface area contributed by atoms with E-state index in [2.05, 4.69) is 11.0 Å². The van der Waals surface area contributed by atoms with Crippen molar-refractivity contribution in [3.8, 4) is 6.07 Å². The van der Waals surface area contributed by atoms with Crippen LogP contribution >= 0.6 is 0 Å². The minimum Gasteiger partial charge on any atom is -0.389 e. The van der Waals surface area contributed by atoms with Gasteiger partial charge in [0.15, 0.2) is 0 Å².